The smallest absolute Gasteiger partial charge is 0.189 e. The third-order valence-electron chi connectivity index (χ3n) is 3.32. The third kappa shape index (κ3) is 3.57. The zero-order chi connectivity index (χ0) is 16.4. The van der Waals surface area contributed by atoms with E-state index >= 15 is 0 Å². The summed E-state index contributed by atoms with van der Waals surface area (Å²) in [6, 6.07) is 5.14. The van der Waals surface area contributed by atoms with Crippen molar-refractivity contribution < 1.29 is 9.59 Å². The summed E-state index contributed by atoms with van der Waals surface area (Å²) in [5.74, 6) is 0.100. The first-order valence-corrected chi connectivity index (χ1v) is 8.36. The van der Waals surface area contributed by atoms with E-state index in [1.54, 1.807) is 32.0 Å². The highest BCUT2D eigenvalue weighted by atomic mass is 35.5. The molecule has 0 saturated carbocycles. The number of hydrogen-bond acceptors (Lipinski definition) is 3. The molecule has 3 nitrogen and oxygen atoms in total. The molecule has 0 amide bonds. The zero-order valence-electron chi connectivity index (χ0n) is 12.4. The zero-order valence-corrected chi connectivity index (χ0v) is 14.7. The van der Waals surface area contributed by atoms with Crippen molar-refractivity contribution in [3.05, 3.63) is 50.8 Å². The van der Waals surface area contributed by atoms with E-state index in [0.717, 1.165) is 10.6 Å². The van der Waals surface area contributed by atoms with Gasteiger partial charge in [0.25, 0.3) is 0 Å². The second-order valence-electron chi connectivity index (χ2n) is 4.97. The van der Waals surface area contributed by atoms with Crippen LogP contribution in [0.4, 0.5) is 0 Å². The Labute approximate surface area is 143 Å². The standard InChI is InChI=1S/C16H15Cl2NO2S/c1-8-15(10(3)20)9(2)19-16(8)13(21)7-22-14-6-11(17)4-5-12(14)18/h4-6,19H,7H2,1-3H3. The molecule has 0 aliphatic heterocycles. The first-order valence-electron chi connectivity index (χ1n) is 6.62. The quantitative estimate of drug-likeness (QED) is 0.598. The van der Waals surface area contributed by atoms with Crippen LogP contribution >= 0.6 is 35.0 Å². The molecule has 0 bridgehead atoms. The Kier molecular flexibility index (Phi) is 5.37. The molecule has 1 aromatic heterocycles. The summed E-state index contributed by atoms with van der Waals surface area (Å²) >= 11 is 13.3. The highest BCUT2D eigenvalue weighted by Gasteiger charge is 2.20. The molecule has 2 rings (SSSR count). The number of halogens is 2. The SMILES string of the molecule is CC(=O)c1c(C)[nH]c(C(=O)CSc2cc(Cl)ccc2Cl)c1C. The van der Waals surface area contributed by atoms with Gasteiger partial charge < -0.3 is 4.98 Å². The van der Waals surface area contributed by atoms with Crippen LogP contribution in [0.1, 0.15) is 39.0 Å². The van der Waals surface area contributed by atoms with Crippen molar-refractivity contribution in [3.8, 4) is 0 Å². The van der Waals surface area contributed by atoms with E-state index in [1.165, 1.54) is 18.7 Å². The van der Waals surface area contributed by atoms with E-state index < -0.39 is 0 Å². The molecule has 0 aliphatic rings. The number of Topliss-reactive ketones (excluding diaryl/α,β-unsaturated/α-hetero) is 2. The maximum Gasteiger partial charge on any atom is 0.189 e. The highest BCUT2D eigenvalue weighted by Crippen LogP contribution is 2.30. The Morgan fingerprint density at radius 1 is 1.23 bits per heavy atom. The molecule has 0 unspecified atom stereocenters. The third-order valence-corrected chi connectivity index (χ3v) is 5.05. The fourth-order valence-corrected chi connectivity index (χ4v) is 3.73. The lowest BCUT2D eigenvalue weighted by Crippen LogP contribution is -2.05. The monoisotopic (exact) mass is 355 g/mol. The average molecular weight is 356 g/mol. The van der Waals surface area contributed by atoms with Gasteiger partial charge in [0.1, 0.15) is 0 Å². The number of rotatable bonds is 5. The van der Waals surface area contributed by atoms with Gasteiger partial charge in [0.15, 0.2) is 11.6 Å². The van der Waals surface area contributed by atoms with E-state index in [-0.39, 0.29) is 17.3 Å². The summed E-state index contributed by atoms with van der Waals surface area (Å²) < 4.78 is 0. The van der Waals surface area contributed by atoms with Gasteiger partial charge in [-0.2, -0.15) is 0 Å². The highest BCUT2D eigenvalue weighted by molar-refractivity contribution is 8.00. The largest absolute Gasteiger partial charge is 0.355 e. The van der Waals surface area contributed by atoms with Gasteiger partial charge in [-0.3, -0.25) is 9.59 Å². The molecule has 116 valence electrons. The number of carbonyl (C=O) groups excluding carboxylic acids is 2. The second-order valence-corrected chi connectivity index (χ2v) is 6.83. The number of aryl methyl sites for hydroxylation is 1. The Balaban J connectivity index is 2.18. The van der Waals surface area contributed by atoms with Crippen LogP contribution in [-0.2, 0) is 0 Å². The Hall–Kier alpha value is -1.23. The van der Waals surface area contributed by atoms with Crippen LogP contribution in [0.3, 0.4) is 0 Å². The molecule has 1 N–H and O–H groups in total. The summed E-state index contributed by atoms with van der Waals surface area (Å²) in [6.07, 6.45) is 0. The van der Waals surface area contributed by atoms with E-state index in [9.17, 15) is 9.59 Å². The molecule has 0 aliphatic carbocycles. The van der Waals surface area contributed by atoms with Crippen molar-refractivity contribution in [2.75, 3.05) is 5.75 Å². The van der Waals surface area contributed by atoms with Crippen LogP contribution in [0.15, 0.2) is 23.1 Å². The summed E-state index contributed by atoms with van der Waals surface area (Å²) in [4.78, 5) is 27.8. The molecule has 6 heteroatoms. The first-order chi connectivity index (χ1) is 10.3. The molecule has 0 atom stereocenters. The number of carbonyl (C=O) groups is 2. The second kappa shape index (κ2) is 6.90. The van der Waals surface area contributed by atoms with Crippen LogP contribution < -0.4 is 0 Å². The van der Waals surface area contributed by atoms with Crippen molar-refractivity contribution >= 4 is 46.5 Å². The molecule has 0 radical (unpaired) electrons. The van der Waals surface area contributed by atoms with E-state index in [1.807, 2.05) is 0 Å². The molecular formula is C16H15Cl2NO2S. The number of aromatic nitrogens is 1. The predicted octanol–water partition coefficient (Wildman–Crippen LogP) is 5.12. The van der Waals surface area contributed by atoms with Gasteiger partial charge in [0.05, 0.1) is 16.5 Å². The lowest BCUT2D eigenvalue weighted by Gasteiger charge is -2.04. The topological polar surface area (TPSA) is 49.9 Å². The minimum atomic E-state index is -0.0749. The molecule has 22 heavy (non-hydrogen) atoms. The molecular weight excluding hydrogens is 341 g/mol. The first kappa shape index (κ1) is 17.1. The van der Waals surface area contributed by atoms with Crippen LogP contribution in [-0.4, -0.2) is 22.3 Å². The van der Waals surface area contributed by atoms with Gasteiger partial charge in [-0.05, 0) is 44.5 Å². The molecule has 1 heterocycles. The van der Waals surface area contributed by atoms with Gasteiger partial charge in [0.2, 0.25) is 0 Å². The van der Waals surface area contributed by atoms with Gasteiger partial charge in [-0.1, -0.05) is 23.2 Å². The molecule has 0 spiro atoms. The van der Waals surface area contributed by atoms with Crippen molar-refractivity contribution in [2.24, 2.45) is 0 Å². The summed E-state index contributed by atoms with van der Waals surface area (Å²) in [5.41, 5.74) is 2.49. The normalized spacial score (nSPS) is 10.8. The summed E-state index contributed by atoms with van der Waals surface area (Å²) in [6.45, 7) is 5.07. The fraction of sp³-hybridized carbons (Fsp3) is 0.250. The van der Waals surface area contributed by atoms with Crippen molar-refractivity contribution in [2.45, 2.75) is 25.7 Å². The molecule has 0 fully saturated rings. The van der Waals surface area contributed by atoms with Crippen molar-refractivity contribution in [1.29, 1.82) is 0 Å². The van der Waals surface area contributed by atoms with Crippen molar-refractivity contribution in [1.82, 2.24) is 4.98 Å². The van der Waals surface area contributed by atoms with Gasteiger partial charge in [-0.25, -0.2) is 0 Å². The van der Waals surface area contributed by atoms with Gasteiger partial charge >= 0.3 is 0 Å². The van der Waals surface area contributed by atoms with E-state index in [0.29, 0.717) is 26.9 Å². The Morgan fingerprint density at radius 3 is 2.50 bits per heavy atom. The van der Waals surface area contributed by atoms with Gasteiger partial charge in [-0.15, -0.1) is 11.8 Å². The lowest BCUT2D eigenvalue weighted by molar-refractivity contribution is 0.101. The molecule has 1 aromatic carbocycles. The number of H-pyrrole nitrogens is 1. The number of ketones is 2. The van der Waals surface area contributed by atoms with E-state index in [2.05, 4.69) is 4.98 Å². The van der Waals surface area contributed by atoms with Crippen LogP contribution in [0, 0.1) is 13.8 Å². The average Bonchev–Trinajstić information content (AvgIpc) is 2.74. The summed E-state index contributed by atoms with van der Waals surface area (Å²) in [5, 5.41) is 1.14. The van der Waals surface area contributed by atoms with E-state index in [4.69, 9.17) is 23.2 Å². The van der Waals surface area contributed by atoms with Crippen LogP contribution in [0.5, 0.6) is 0 Å². The number of nitrogens with one attached hydrogen (secondary N) is 1. The number of thioether (sulfide) groups is 1. The lowest BCUT2D eigenvalue weighted by atomic mass is 10.1. The number of aromatic amines is 1. The minimum Gasteiger partial charge on any atom is -0.355 e. The predicted molar refractivity (Wildman–Crippen MR) is 91.8 cm³/mol. The maximum atomic E-state index is 12.4. The van der Waals surface area contributed by atoms with Crippen molar-refractivity contribution in [3.63, 3.8) is 0 Å². The van der Waals surface area contributed by atoms with Crippen LogP contribution in [0.2, 0.25) is 10.0 Å². The minimum absolute atomic E-state index is 0.0455. The molecule has 2 aromatic rings. The Morgan fingerprint density at radius 2 is 1.91 bits per heavy atom. The van der Waals surface area contributed by atoms with Crippen LogP contribution in [0.25, 0.3) is 0 Å². The number of hydrogen-bond donors (Lipinski definition) is 1. The number of benzene rings is 1. The van der Waals surface area contributed by atoms with Gasteiger partial charge in [0, 0.05) is 21.2 Å². The Bertz CT molecular complexity index is 753. The molecule has 0 saturated heterocycles. The fourth-order valence-electron chi connectivity index (χ4n) is 2.36. The maximum absolute atomic E-state index is 12.4. The summed E-state index contributed by atoms with van der Waals surface area (Å²) in [7, 11) is 0.